The summed E-state index contributed by atoms with van der Waals surface area (Å²) in [6, 6.07) is 3.12. The number of nitro groups is 1. The summed E-state index contributed by atoms with van der Waals surface area (Å²) in [4.78, 5) is 23.0. The third-order valence-corrected chi connectivity index (χ3v) is 2.58. The number of nitrogens with zero attached hydrogens (tertiary/aromatic N) is 2. The summed E-state index contributed by atoms with van der Waals surface area (Å²) in [7, 11) is 3.14. The number of methoxy groups -OCH3 is 1. The number of carbonyl (C=O) groups is 1. The average molecular weight is 270 g/mol. The van der Waals surface area contributed by atoms with Crippen molar-refractivity contribution >= 4 is 11.6 Å². The Balaban J connectivity index is 2.77. The summed E-state index contributed by atoms with van der Waals surface area (Å²) < 4.78 is 18.3. The van der Waals surface area contributed by atoms with Gasteiger partial charge in [-0.2, -0.15) is 4.39 Å². The van der Waals surface area contributed by atoms with Gasteiger partial charge in [0.2, 0.25) is 5.82 Å². The molecule has 0 heterocycles. The van der Waals surface area contributed by atoms with Crippen molar-refractivity contribution in [2.75, 3.05) is 27.3 Å². The molecule has 0 N–H and O–H groups in total. The van der Waals surface area contributed by atoms with Crippen LogP contribution in [0.15, 0.2) is 18.2 Å². The van der Waals surface area contributed by atoms with E-state index < -0.39 is 16.4 Å². The second-order valence-corrected chi connectivity index (χ2v) is 4.00. The number of ether oxygens (including phenoxy) is 1. The van der Waals surface area contributed by atoms with Gasteiger partial charge in [-0.25, -0.2) is 0 Å². The van der Waals surface area contributed by atoms with Crippen LogP contribution in [-0.2, 0) is 4.74 Å². The van der Waals surface area contributed by atoms with Crippen LogP contribution in [-0.4, -0.2) is 43.0 Å². The molecule has 104 valence electrons. The fourth-order valence-corrected chi connectivity index (χ4v) is 1.56. The van der Waals surface area contributed by atoms with Crippen LogP contribution in [0.5, 0.6) is 0 Å². The second-order valence-electron chi connectivity index (χ2n) is 4.00. The monoisotopic (exact) mass is 270 g/mol. The minimum Gasteiger partial charge on any atom is -0.385 e. The smallest absolute Gasteiger partial charge is 0.304 e. The van der Waals surface area contributed by atoms with Crippen molar-refractivity contribution < 1.29 is 18.8 Å². The lowest BCUT2D eigenvalue weighted by Gasteiger charge is -2.16. The molecule has 0 aliphatic carbocycles. The molecule has 0 radical (unpaired) electrons. The molecule has 0 atom stereocenters. The summed E-state index contributed by atoms with van der Waals surface area (Å²) >= 11 is 0. The van der Waals surface area contributed by atoms with Crippen LogP contribution in [0.4, 0.5) is 10.1 Å². The molecule has 1 aromatic rings. The van der Waals surface area contributed by atoms with Crippen LogP contribution in [0.2, 0.25) is 0 Å². The van der Waals surface area contributed by atoms with Crippen LogP contribution < -0.4 is 0 Å². The summed E-state index contributed by atoms with van der Waals surface area (Å²) in [6.07, 6.45) is 0.661. The summed E-state index contributed by atoms with van der Waals surface area (Å²) in [5, 5.41) is 10.5. The van der Waals surface area contributed by atoms with Crippen molar-refractivity contribution in [2.45, 2.75) is 6.42 Å². The Kier molecular flexibility index (Phi) is 5.37. The quantitative estimate of drug-likeness (QED) is 0.449. The van der Waals surface area contributed by atoms with Crippen LogP contribution in [0.3, 0.4) is 0 Å². The maximum Gasteiger partial charge on any atom is 0.304 e. The van der Waals surface area contributed by atoms with Gasteiger partial charge in [0.1, 0.15) is 0 Å². The van der Waals surface area contributed by atoms with Gasteiger partial charge in [-0.1, -0.05) is 0 Å². The number of carbonyl (C=O) groups excluding carboxylic acids is 1. The first kappa shape index (κ1) is 15.0. The second kappa shape index (κ2) is 6.79. The van der Waals surface area contributed by atoms with Crippen molar-refractivity contribution in [3.63, 3.8) is 0 Å². The maximum absolute atomic E-state index is 13.4. The third-order valence-electron chi connectivity index (χ3n) is 2.58. The fraction of sp³-hybridized carbons (Fsp3) is 0.417. The van der Waals surface area contributed by atoms with Gasteiger partial charge >= 0.3 is 5.69 Å². The average Bonchev–Trinajstić information content (AvgIpc) is 2.37. The molecule has 0 fully saturated rings. The highest BCUT2D eigenvalue weighted by Crippen LogP contribution is 2.18. The zero-order valence-corrected chi connectivity index (χ0v) is 10.8. The number of amides is 1. The largest absolute Gasteiger partial charge is 0.385 e. The van der Waals surface area contributed by atoms with Crippen LogP contribution in [0.25, 0.3) is 0 Å². The van der Waals surface area contributed by atoms with Gasteiger partial charge in [0.05, 0.1) is 4.92 Å². The lowest BCUT2D eigenvalue weighted by molar-refractivity contribution is -0.387. The first-order chi connectivity index (χ1) is 8.97. The Morgan fingerprint density at radius 3 is 2.74 bits per heavy atom. The SMILES string of the molecule is COCCCN(C)C(=O)c1ccc([N+](=O)[O-])c(F)c1. The molecule has 0 saturated carbocycles. The molecule has 6 nitrogen and oxygen atoms in total. The molecule has 0 saturated heterocycles. The minimum absolute atomic E-state index is 0.0861. The van der Waals surface area contributed by atoms with E-state index in [1.807, 2.05) is 0 Å². The molecule has 0 aromatic heterocycles. The highest BCUT2D eigenvalue weighted by atomic mass is 19.1. The number of rotatable bonds is 6. The molecular weight excluding hydrogens is 255 g/mol. The van der Waals surface area contributed by atoms with E-state index in [1.165, 1.54) is 11.0 Å². The van der Waals surface area contributed by atoms with Gasteiger partial charge in [0, 0.05) is 38.9 Å². The standard InChI is InChI=1S/C12H15FN2O4/c1-14(6-3-7-19-2)12(16)9-4-5-11(15(17)18)10(13)8-9/h4-5,8H,3,6-7H2,1-2H3. The molecule has 0 unspecified atom stereocenters. The minimum atomic E-state index is -1.01. The summed E-state index contributed by atoms with van der Waals surface area (Å²) in [5.41, 5.74) is -0.554. The van der Waals surface area contributed by atoms with Gasteiger partial charge in [-0.3, -0.25) is 14.9 Å². The Morgan fingerprint density at radius 2 is 2.21 bits per heavy atom. The van der Waals surface area contributed by atoms with E-state index in [1.54, 1.807) is 14.2 Å². The van der Waals surface area contributed by atoms with Crippen molar-refractivity contribution in [2.24, 2.45) is 0 Å². The molecule has 0 spiro atoms. The fourth-order valence-electron chi connectivity index (χ4n) is 1.56. The number of hydrogen-bond acceptors (Lipinski definition) is 4. The van der Waals surface area contributed by atoms with Crippen LogP contribution in [0.1, 0.15) is 16.8 Å². The zero-order valence-electron chi connectivity index (χ0n) is 10.8. The van der Waals surface area contributed by atoms with Crippen molar-refractivity contribution in [1.29, 1.82) is 0 Å². The number of hydrogen-bond donors (Lipinski definition) is 0. The third kappa shape index (κ3) is 3.99. The summed E-state index contributed by atoms with van der Waals surface area (Å²) in [5.74, 6) is -1.40. The lowest BCUT2D eigenvalue weighted by atomic mass is 10.1. The van der Waals surface area contributed by atoms with Crippen molar-refractivity contribution in [3.8, 4) is 0 Å². The van der Waals surface area contributed by atoms with Crippen molar-refractivity contribution in [3.05, 3.63) is 39.7 Å². The molecule has 0 aliphatic heterocycles. The van der Waals surface area contributed by atoms with E-state index in [2.05, 4.69) is 0 Å². The molecule has 1 rings (SSSR count). The van der Waals surface area contributed by atoms with Gasteiger partial charge in [-0.05, 0) is 18.6 Å². The first-order valence-corrected chi connectivity index (χ1v) is 5.65. The Hall–Kier alpha value is -2.02. The molecular formula is C12H15FN2O4. The highest BCUT2D eigenvalue weighted by Gasteiger charge is 2.18. The topological polar surface area (TPSA) is 72.7 Å². The van der Waals surface area contributed by atoms with E-state index in [0.717, 1.165) is 12.1 Å². The number of nitro benzene ring substituents is 1. The number of halogens is 1. The first-order valence-electron chi connectivity index (χ1n) is 5.65. The predicted molar refractivity (Wildman–Crippen MR) is 66.5 cm³/mol. The van der Waals surface area contributed by atoms with Gasteiger partial charge in [0.15, 0.2) is 0 Å². The van der Waals surface area contributed by atoms with Crippen molar-refractivity contribution in [1.82, 2.24) is 4.90 Å². The Morgan fingerprint density at radius 1 is 1.53 bits per heavy atom. The molecule has 0 bridgehead atoms. The van der Waals surface area contributed by atoms with E-state index in [-0.39, 0.29) is 11.5 Å². The van der Waals surface area contributed by atoms with E-state index in [0.29, 0.717) is 19.6 Å². The van der Waals surface area contributed by atoms with E-state index in [4.69, 9.17) is 4.74 Å². The van der Waals surface area contributed by atoms with Crippen LogP contribution in [0, 0.1) is 15.9 Å². The molecule has 7 heteroatoms. The molecule has 1 amide bonds. The zero-order chi connectivity index (χ0) is 14.4. The van der Waals surface area contributed by atoms with Crippen LogP contribution >= 0.6 is 0 Å². The Bertz CT molecular complexity index is 479. The highest BCUT2D eigenvalue weighted by molar-refractivity contribution is 5.94. The van der Waals surface area contributed by atoms with Gasteiger partial charge in [-0.15, -0.1) is 0 Å². The van der Waals surface area contributed by atoms with E-state index >= 15 is 0 Å². The predicted octanol–water partition coefficient (Wildman–Crippen LogP) is 1.84. The summed E-state index contributed by atoms with van der Waals surface area (Å²) in [6.45, 7) is 0.984. The Labute approximate surface area is 109 Å². The number of benzene rings is 1. The van der Waals surface area contributed by atoms with Gasteiger partial charge in [0.25, 0.3) is 5.91 Å². The maximum atomic E-state index is 13.4. The molecule has 1 aromatic carbocycles. The lowest BCUT2D eigenvalue weighted by Crippen LogP contribution is -2.28. The molecule has 0 aliphatic rings. The normalized spacial score (nSPS) is 10.3. The van der Waals surface area contributed by atoms with Gasteiger partial charge < -0.3 is 9.64 Å². The van der Waals surface area contributed by atoms with E-state index in [9.17, 15) is 19.3 Å². The molecule has 19 heavy (non-hydrogen) atoms.